The quantitative estimate of drug-likeness (QED) is 0.853. The average Bonchev–Trinajstić information content (AvgIpc) is 2.91. The smallest absolute Gasteiger partial charge is 0.109 e. The van der Waals surface area contributed by atoms with Gasteiger partial charge < -0.3 is 5.32 Å². The van der Waals surface area contributed by atoms with Crippen molar-refractivity contribution in [1.29, 1.82) is 0 Å². The second kappa shape index (κ2) is 6.58. The normalized spacial score (nSPS) is 18.9. The van der Waals surface area contributed by atoms with Crippen LogP contribution in [0.25, 0.3) is 0 Å². The predicted molar refractivity (Wildman–Crippen MR) is 90.4 cm³/mol. The lowest BCUT2D eigenvalue weighted by atomic mass is 10.2. The lowest BCUT2D eigenvalue weighted by Crippen LogP contribution is -2.26. The molecule has 1 aromatic carbocycles. The molecule has 2 aromatic rings. The van der Waals surface area contributed by atoms with E-state index in [9.17, 15) is 0 Å². The van der Waals surface area contributed by atoms with Crippen molar-refractivity contribution in [2.24, 2.45) is 0 Å². The molecule has 0 saturated carbocycles. The summed E-state index contributed by atoms with van der Waals surface area (Å²) in [7, 11) is 0. The van der Waals surface area contributed by atoms with Gasteiger partial charge in [0.25, 0.3) is 0 Å². The number of aromatic nitrogens is 1. The van der Waals surface area contributed by atoms with Crippen molar-refractivity contribution in [2.45, 2.75) is 25.9 Å². The summed E-state index contributed by atoms with van der Waals surface area (Å²) in [6, 6.07) is 13.3. The van der Waals surface area contributed by atoms with Crippen molar-refractivity contribution in [3.05, 3.63) is 58.3 Å². The van der Waals surface area contributed by atoms with Crippen LogP contribution in [0, 0.1) is 6.92 Å². The number of hydrogen-bond acceptors (Lipinski definition) is 3. The molecule has 21 heavy (non-hydrogen) atoms. The number of pyridine rings is 1. The molecule has 1 aliphatic rings. The van der Waals surface area contributed by atoms with Gasteiger partial charge in [-0.2, -0.15) is 0 Å². The number of rotatable bonds is 4. The van der Waals surface area contributed by atoms with Gasteiger partial charge >= 0.3 is 0 Å². The Hall–Kier alpha value is -1.39. The van der Waals surface area contributed by atoms with Crippen LogP contribution in [0.4, 0.5) is 5.69 Å². The minimum Gasteiger partial charge on any atom is -0.380 e. The Labute approximate surface area is 134 Å². The Morgan fingerprint density at radius 3 is 2.90 bits per heavy atom. The Kier molecular flexibility index (Phi) is 4.56. The van der Waals surface area contributed by atoms with Crippen molar-refractivity contribution < 1.29 is 0 Å². The summed E-state index contributed by atoms with van der Waals surface area (Å²) in [6.07, 6.45) is 3.08. The summed E-state index contributed by atoms with van der Waals surface area (Å²) in [5, 5.41) is 3.60. The van der Waals surface area contributed by atoms with Gasteiger partial charge in [-0.25, -0.2) is 4.98 Å². The molecule has 0 spiro atoms. The summed E-state index contributed by atoms with van der Waals surface area (Å²) in [5.74, 6) is 0. The van der Waals surface area contributed by atoms with Gasteiger partial charge in [0.2, 0.25) is 0 Å². The van der Waals surface area contributed by atoms with Gasteiger partial charge in [-0.05, 0) is 46.5 Å². The fraction of sp³-hybridized carbons (Fsp3) is 0.353. The van der Waals surface area contributed by atoms with Crippen molar-refractivity contribution >= 4 is 21.6 Å². The predicted octanol–water partition coefficient (Wildman–Crippen LogP) is 3.84. The molecule has 110 valence electrons. The minimum absolute atomic E-state index is 0.510. The molecule has 1 aromatic heterocycles. The highest BCUT2D eigenvalue weighted by Crippen LogP contribution is 2.20. The fourth-order valence-electron chi connectivity index (χ4n) is 2.81. The maximum absolute atomic E-state index is 4.35. The number of benzene rings is 1. The third-order valence-electron chi connectivity index (χ3n) is 3.91. The lowest BCUT2D eigenvalue weighted by Gasteiger charge is -2.17. The van der Waals surface area contributed by atoms with Gasteiger partial charge in [-0.15, -0.1) is 0 Å². The maximum atomic E-state index is 4.35. The zero-order valence-corrected chi connectivity index (χ0v) is 13.8. The fourth-order valence-corrected chi connectivity index (χ4v) is 3.03. The van der Waals surface area contributed by atoms with E-state index >= 15 is 0 Å². The number of aryl methyl sites for hydroxylation is 1. The van der Waals surface area contributed by atoms with E-state index in [0.29, 0.717) is 6.04 Å². The van der Waals surface area contributed by atoms with Crippen molar-refractivity contribution in [3.8, 4) is 0 Å². The molecule has 1 aliphatic heterocycles. The van der Waals surface area contributed by atoms with Gasteiger partial charge in [-0.3, -0.25) is 4.90 Å². The molecule has 0 aliphatic carbocycles. The van der Waals surface area contributed by atoms with E-state index < -0.39 is 0 Å². The van der Waals surface area contributed by atoms with E-state index in [0.717, 1.165) is 29.9 Å². The molecule has 0 radical (unpaired) electrons. The van der Waals surface area contributed by atoms with Crippen molar-refractivity contribution in [1.82, 2.24) is 9.88 Å². The number of halogens is 1. The molecule has 3 rings (SSSR count). The Bertz CT molecular complexity index is 600. The number of anilines is 1. The zero-order valence-electron chi connectivity index (χ0n) is 12.2. The van der Waals surface area contributed by atoms with Crippen LogP contribution >= 0.6 is 15.9 Å². The maximum Gasteiger partial charge on any atom is 0.109 e. The van der Waals surface area contributed by atoms with E-state index in [1.54, 1.807) is 0 Å². The van der Waals surface area contributed by atoms with Crippen molar-refractivity contribution in [2.75, 3.05) is 18.4 Å². The Morgan fingerprint density at radius 1 is 1.33 bits per heavy atom. The van der Waals surface area contributed by atoms with E-state index in [2.05, 4.69) is 74.5 Å². The monoisotopic (exact) mass is 345 g/mol. The molecule has 1 atom stereocenters. The Balaban J connectivity index is 1.56. The summed E-state index contributed by atoms with van der Waals surface area (Å²) in [5.41, 5.74) is 3.67. The van der Waals surface area contributed by atoms with Crippen LogP contribution < -0.4 is 5.32 Å². The van der Waals surface area contributed by atoms with Crippen LogP contribution in [-0.2, 0) is 6.54 Å². The van der Waals surface area contributed by atoms with Crippen LogP contribution in [0.15, 0.2) is 47.2 Å². The van der Waals surface area contributed by atoms with Gasteiger partial charge in [0.1, 0.15) is 4.60 Å². The topological polar surface area (TPSA) is 28.2 Å². The van der Waals surface area contributed by atoms with Gasteiger partial charge in [-0.1, -0.05) is 30.3 Å². The highest BCUT2D eigenvalue weighted by Gasteiger charge is 2.22. The van der Waals surface area contributed by atoms with Crippen LogP contribution in [0.1, 0.15) is 17.5 Å². The van der Waals surface area contributed by atoms with Gasteiger partial charge in [0.15, 0.2) is 0 Å². The van der Waals surface area contributed by atoms with Crippen LogP contribution in [-0.4, -0.2) is 29.0 Å². The number of nitrogens with one attached hydrogen (secondary N) is 1. The standard InChI is InChI=1S/C17H20BrN3/c1-13-9-16(10-19-17(13)18)20-15-7-8-21(12-15)11-14-5-3-2-4-6-14/h2-6,9-10,15,20H,7-8,11-12H2,1H3. The Morgan fingerprint density at radius 2 is 2.14 bits per heavy atom. The summed E-state index contributed by atoms with van der Waals surface area (Å²) >= 11 is 3.44. The van der Waals surface area contributed by atoms with E-state index in [4.69, 9.17) is 0 Å². The SMILES string of the molecule is Cc1cc(NC2CCN(Cc3ccccc3)C2)cnc1Br. The van der Waals surface area contributed by atoms with E-state index in [1.165, 1.54) is 17.5 Å². The third kappa shape index (κ3) is 3.83. The van der Waals surface area contributed by atoms with E-state index in [-0.39, 0.29) is 0 Å². The molecule has 1 unspecified atom stereocenters. The summed E-state index contributed by atoms with van der Waals surface area (Å²) in [4.78, 5) is 6.85. The van der Waals surface area contributed by atoms with E-state index in [1.807, 2.05) is 6.20 Å². The molecule has 2 heterocycles. The molecule has 4 heteroatoms. The lowest BCUT2D eigenvalue weighted by molar-refractivity contribution is 0.328. The third-order valence-corrected chi connectivity index (χ3v) is 4.74. The zero-order chi connectivity index (χ0) is 14.7. The highest BCUT2D eigenvalue weighted by molar-refractivity contribution is 9.10. The largest absolute Gasteiger partial charge is 0.380 e. The first-order valence-corrected chi connectivity index (χ1v) is 8.15. The number of likely N-dealkylation sites (tertiary alicyclic amines) is 1. The summed E-state index contributed by atoms with van der Waals surface area (Å²) in [6.45, 7) is 5.34. The highest BCUT2D eigenvalue weighted by atomic mass is 79.9. The van der Waals surface area contributed by atoms with Crippen LogP contribution in [0.2, 0.25) is 0 Å². The molecular weight excluding hydrogens is 326 g/mol. The second-order valence-corrected chi connectivity index (χ2v) is 6.43. The first-order chi connectivity index (χ1) is 10.2. The average molecular weight is 346 g/mol. The first kappa shape index (κ1) is 14.5. The minimum atomic E-state index is 0.510. The molecule has 1 saturated heterocycles. The molecule has 1 fully saturated rings. The summed E-state index contributed by atoms with van der Waals surface area (Å²) < 4.78 is 0.921. The number of hydrogen-bond donors (Lipinski definition) is 1. The van der Waals surface area contributed by atoms with Gasteiger partial charge in [0.05, 0.1) is 11.9 Å². The van der Waals surface area contributed by atoms with Gasteiger partial charge in [0, 0.05) is 25.7 Å². The first-order valence-electron chi connectivity index (χ1n) is 7.35. The van der Waals surface area contributed by atoms with Crippen molar-refractivity contribution in [3.63, 3.8) is 0 Å². The molecule has 1 N–H and O–H groups in total. The molecule has 0 bridgehead atoms. The van der Waals surface area contributed by atoms with Crippen LogP contribution in [0.3, 0.4) is 0 Å². The molecule has 0 amide bonds. The molecular formula is C17H20BrN3. The van der Waals surface area contributed by atoms with Crippen LogP contribution in [0.5, 0.6) is 0 Å². The molecule has 3 nitrogen and oxygen atoms in total. The second-order valence-electron chi connectivity index (χ2n) is 5.68. The number of nitrogens with zero attached hydrogens (tertiary/aromatic N) is 2.